The lowest BCUT2D eigenvalue weighted by Crippen LogP contribution is -2.56. The van der Waals surface area contributed by atoms with Gasteiger partial charge in [0.1, 0.15) is 12.4 Å². The van der Waals surface area contributed by atoms with Crippen molar-refractivity contribution in [2.24, 2.45) is 23.7 Å². The molecule has 47 heavy (non-hydrogen) atoms. The fourth-order valence-corrected chi connectivity index (χ4v) is 9.75. The number of nitrogens with zero attached hydrogens (tertiary/aromatic N) is 2. The number of fused-ring (bicyclic) bond motifs is 3. The highest BCUT2D eigenvalue weighted by atomic mass is 35.5. The Morgan fingerprint density at radius 3 is 2.51 bits per heavy atom. The molecule has 0 spiro atoms. The molecular weight excluding hydrogens is 638 g/mol. The molecule has 3 aliphatic heterocycles. The van der Waals surface area contributed by atoms with Crippen LogP contribution >= 0.6 is 11.6 Å². The molecule has 0 radical (unpaired) electrons. The molecule has 9 nitrogen and oxygen atoms in total. The van der Waals surface area contributed by atoms with Crippen molar-refractivity contribution in [2.75, 3.05) is 31.6 Å². The molecule has 2 amide bonds. The van der Waals surface area contributed by atoms with Crippen LogP contribution in [0.1, 0.15) is 86.7 Å². The minimum atomic E-state index is -3.98. The molecule has 3 heterocycles. The van der Waals surface area contributed by atoms with Gasteiger partial charge in [-0.3, -0.25) is 9.59 Å². The highest BCUT2D eigenvalue weighted by Crippen LogP contribution is 2.51. The molecule has 6 atom stereocenters. The number of ether oxygens (including phenoxy) is 1. The van der Waals surface area contributed by atoms with Gasteiger partial charge in [0, 0.05) is 37.3 Å². The number of carbonyl (C=O) groups excluding carboxylic acids is 2. The lowest BCUT2D eigenvalue weighted by atomic mass is 9.59. The number of benzene rings is 2. The summed E-state index contributed by atoms with van der Waals surface area (Å²) >= 11 is 6.35. The quantitative estimate of drug-likeness (QED) is 0.404. The van der Waals surface area contributed by atoms with Crippen molar-refractivity contribution in [3.05, 3.63) is 58.1 Å². The number of sulfonamides is 1. The van der Waals surface area contributed by atoms with E-state index in [0.717, 1.165) is 48.9 Å². The van der Waals surface area contributed by atoms with Crippen molar-refractivity contribution in [1.82, 2.24) is 9.62 Å². The van der Waals surface area contributed by atoms with Gasteiger partial charge in [-0.15, -0.1) is 0 Å². The van der Waals surface area contributed by atoms with Gasteiger partial charge in [-0.25, -0.2) is 13.1 Å². The van der Waals surface area contributed by atoms with Gasteiger partial charge in [-0.1, -0.05) is 31.0 Å². The van der Waals surface area contributed by atoms with Crippen molar-refractivity contribution < 1.29 is 27.9 Å². The number of aryl methyl sites for hydroxylation is 1. The molecule has 2 aromatic carbocycles. The van der Waals surface area contributed by atoms with Gasteiger partial charge in [-0.2, -0.15) is 0 Å². The molecule has 0 aromatic heterocycles. The molecule has 1 saturated heterocycles. The zero-order valence-electron chi connectivity index (χ0n) is 27.7. The van der Waals surface area contributed by atoms with Gasteiger partial charge in [0.05, 0.1) is 22.5 Å². The van der Waals surface area contributed by atoms with E-state index < -0.39 is 32.7 Å². The largest absolute Gasteiger partial charge is 0.487 e. The van der Waals surface area contributed by atoms with Crippen LogP contribution in [-0.4, -0.2) is 67.8 Å². The van der Waals surface area contributed by atoms with E-state index in [9.17, 15) is 23.1 Å². The van der Waals surface area contributed by atoms with Crippen LogP contribution in [0.4, 0.5) is 5.69 Å². The summed E-state index contributed by atoms with van der Waals surface area (Å²) in [5.41, 5.74) is 2.00. The first-order chi connectivity index (χ1) is 22.4. The molecule has 2 bridgehead atoms. The SMILES string of the molecule is C[C@@H]1[C@@H](C)CCC[C@@](O)([C@@H]2CCN(C)C2=O)[C@@H]2CC[C@H]2CN2CCCCc3cc(Cl)ccc3COc3ccc(cc32)C(=O)NS1(=O)=O. The smallest absolute Gasteiger partial charge is 0.264 e. The molecule has 2 fully saturated rings. The number of likely N-dealkylation sites (tertiary alicyclic amines) is 1. The predicted molar refractivity (Wildman–Crippen MR) is 183 cm³/mol. The van der Waals surface area contributed by atoms with Crippen molar-refractivity contribution in [1.29, 1.82) is 0 Å². The molecular formula is C36H48ClN3O6S. The van der Waals surface area contributed by atoms with E-state index >= 15 is 0 Å². The second kappa shape index (κ2) is 13.6. The predicted octanol–water partition coefficient (Wildman–Crippen LogP) is 5.57. The number of carbonyl (C=O) groups is 2. The molecule has 6 rings (SSSR count). The lowest BCUT2D eigenvalue weighted by Gasteiger charge is -2.51. The number of halogens is 1. The normalized spacial score (nSPS) is 31.8. The second-order valence-electron chi connectivity index (χ2n) is 14.4. The summed E-state index contributed by atoms with van der Waals surface area (Å²) in [5, 5.41) is 12.4. The minimum Gasteiger partial charge on any atom is -0.487 e. The van der Waals surface area contributed by atoms with Crippen LogP contribution in [0.15, 0.2) is 36.4 Å². The number of rotatable bonds is 1. The Labute approximate surface area is 284 Å². The molecule has 11 heteroatoms. The molecule has 2 N–H and O–H groups in total. The fraction of sp³-hybridized carbons (Fsp3) is 0.611. The first kappa shape index (κ1) is 34.1. The van der Waals surface area contributed by atoms with Gasteiger partial charge in [-0.05, 0) is 118 Å². The Morgan fingerprint density at radius 2 is 1.79 bits per heavy atom. The highest BCUT2D eigenvalue weighted by Gasteiger charge is 2.55. The van der Waals surface area contributed by atoms with E-state index in [1.807, 2.05) is 25.1 Å². The average Bonchev–Trinajstić information content (AvgIpc) is 3.35. The molecule has 2 aromatic rings. The van der Waals surface area contributed by atoms with Crippen LogP contribution in [0.3, 0.4) is 0 Å². The Morgan fingerprint density at radius 1 is 0.979 bits per heavy atom. The summed E-state index contributed by atoms with van der Waals surface area (Å²) in [5.74, 6) is -0.696. The van der Waals surface area contributed by atoms with Gasteiger partial charge >= 0.3 is 0 Å². The zero-order valence-corrected chi connectivity index (χ0v) is 29.3. The van der Waals surface area contributed by atoms with Crippen molar-refractivity contribution >= 4 is 39.1 Å². The summed E-state index contributed by atoms with van der Waals surface area (Å²) < 4.78 is 35.6. The fourth-order valence-electron chi connectivity index (χ4n) is 8.24. The third-order valence-corrected chi connectivity index (χ3v) is 13.7. The molecule has 1 aliphatic carbocycles. The summed E-state index contributed by atoms with van der Waals surface area (Å²) in [6.45, 7) is 5.78. The van der Waals surface area contributed by atoms with Crippen LogP contribution < -0.4 is 14.4 Å². The van der Waals surface area contributed by atoms with E-state index in [1.165, 1.54) is 0 Å². The first-order valence-electron chi connectivity index (χ1n) is 17.2. The third-order valence-electron chi connectivity index (χ3n) is 11.5. The van der Waals surface area contributed by atoms with E-state index in [-0.39, 0.29) is 29.2 Å². The number of hydrogen-bond acceptors (Lipinski definition) is 7. The third kappa shape index (κ3) is 6.88. The maximum Gasteiger partial charge on any atom is 0.264 e. The molecule has 1 saturated carbocycles. The topological polar surface area (TPSA) is 116 Å². The van der Waals surface area contributed by atoms with E-state index in [0.29, 0.717) is 62.7 Å². The van der Waals surface area contributed by atoms with Crippen molar-refractivity contribution in [3.63, 3.8) is 0 Å². The van der Waals surface area contributed by atoms with Gasteiger partial charge in [0.2, 0.25) is 15.9 Å². The maximum absolute atomic E-state index is 13.5. The highest BCUT2D eigenvalue weighted by molar-refractivity contribution is 7.90. The number of anilines is 1. The Kier molecular flexibility index (Phi) is 9.85. The van der Waals surface area contributed by atoms with Gasteiger partial charge in [0.15, 0.2) is 0 Å². The minimum absolute atomic E-state index is 0.00225. The standard InChI is InChI=1S/C36H48ClN3O6S/c1-23-7-6-16-36(43,31-15-18-39(3)35(31)42)30-13-10-27(30)21-40-17-5-4-8-25-19-29(37)12-9-28(25)22-46-33-14-11-26(20-32(33)40)34(41)38-47(44,45)24(23)2/h9,11-12,14,19-20,23-24,27,30-31,43H,4-8,10,13,15-18,21-22H2,1-3H3,(H,38,41)/t23-,24+,27-,30+,31+,36-/m0/s1. The number of aliphatic hydroxyl groups is 1. The number of nitrogens with one attached hydrogen (secondary N) is 1. The Balaban J connectivity index is 1.41. The average molecular weight is 686 g/mol. The molecule has 4 aliphatic rings. The first-order valence-corrected chi connectivity index (χ1v) is 19.1. The van der Waals surface area contributed by atoms with E-state index in [2.05, 4.69) is 9.62 Å². The van der Waals surface area contributed by atoms with Crippen LogP contribution in [-0.2, 0) is 27.8 Å². The second-order valence-corrected chi connectivity index (χ2v) is 16.8. The van der Waals surface area contributed by atoms with Crippen molar-refractivity contribution in [2.45, 2.75) is 89.1 Å². The summed E-state index contributed by atoms with van der Waals surface area (Å²) in [4.78, 5) is 30.8. The maximum atomic E-state index is 13.5. The van der Waals surface area contributed by atoms with Crippen LogP contribution in [0, 0.1) is 23.7 Å². The molecule has 256 valence electrons. The Bertz CT molecular complexity index is 1620. The lowest BCUT2D eigenvalue weighted by molar-refractivity contribution is -0.154. The number of amides is 2. The summed E-state index contributed by atoms with van der Waals surface area (Å²) in [6.07, 6.45) is 6.64. The van der Waals surface area contributed by atoms with Gasteiger partial charge in [0.25, 0.3) is 5.91 Å². The van der Waals surface area contributed by atoms with E-state index in [4.69, 9.17) is 16.3 Å². The van der Waals surface area contributed by atoms with Crippen LogP contribution in [0.2, 0.25) is 5.02 Å². The van der Waals surface area contributed by atoms with E-state index in [1.54, 1.807) is 37.1 Å². The van der Waals surface area contributed by atoms with Gasteiger partial charge < -0.3 is 19.6 Å². The van der Waals surface area contributed by atoms with Crippen molar-refractivity contribution in [3.8, 4) is 5.75 Å². The summed E-state index contributed by atoms with van der Waals surface area (Å²) in [6, 6.07) is 11.0. The monoisotopic (exact) mass is 685 g/mol. The summed E-state index contributed by atoms with van der Waals surface area (Å²) in [7, 11) is -2.18. The van der Waals surface area contributed by atoms with Crippen LogP contribution in [0.5, 0.6) is 5.75 Å². The van der Waals surface area contributed by atoms with Crippen LogP contribution in [0.25, 0.3) is 0 Å². The molecule has 0 unspecified atom stereocenters. The Hall–Kier alpha value is -2.82. The zero-order chi connectivity index (χ0) is 33.5. The number of hydrogen-bond donors (Lipinski definition) is 2.